The molecular weight excluding hydrogens is 1150 g/mol. The third-order valence-electron chi connectivity index (χ3n) is 18.5. The summed E-state index contributed by atoms with van der Waals surface area (Å²) in [5.41, 5.74) is 7.32. The number of fused-ring (bicyclic) bond motifs is 2. The summed E-state index contributed by atoms with van der Waals surface area (Å²) in [6.45, 7) is 13.5. The van der Waals surface area contributed by atoms with Gasteiger partial charge in [-0.1, -0.05) is 49.2 Å². The fourth-order valence-electron chi connectivity index (χ4n) is 13.2. The van der Waals surface area contributed by atoms with Crippen LogP contribution in [0.15, 0.2) is 72.8 Å². The maximum Gasteiger partial charge on any atom is 0.354 e. The van der Waals surface area contributed by atoms with Crippen molar-refractivity contribution < 1.29 is 50.5 Å². The minimum absolute atomic E-state index is 0.0787. The first-order valence-electron chi connectivity index (χ1n) is 31.1. The molecule has 0 atom stereocenters. The summed E-state index contributed by atoms with van der Waals surface area (Å²) in [7, 11) is -7.27. The van der Waals surface area contributed by atoms with E-state index in [0.29, 0.717) is 74.7 Å². The van der Waals surface area contributed by atoms with Gasteiger partial charge < -0.3 is 33.9 Å². The van der Waals surface area contributed by atoms with Crippen molar-refractivity contribution in [3.63, 3.8) is 0 Å². The Morgan fingerprint density at radius 1 is 0.506 bits per heavy atom. The van der Waals surface area contributed by atoms with E-state index in [9.17, 15) is 31.5 Å². The molecule has 6 aromatic rings. The molecule has 2 aromatic carbocycles. The number of aromatic carboxylic acids is 1. The highest BCUT2D eigenvalue weighted by Gasteiger charge is 2.36. The fraction of sp³-hybridized carbons (Fsp3) is 0.574. The number of sulfonamides is 1. The number of Topliss-reactive ketones (excluding diaryl/α,β-unsaturated/α-hetero) is 1. The van der Waals surface area contributed by atoms with Crippen LogP contribution in [0, 0.1) is 0 Å². The second kappa shape index (κ2) is 27.4. The molecule has 0 bridgehead atoms. The smallest absolute Gasteiger partial charge is 0.354 e. The number of carboxylic acids is 1. The molecule has 0 spiro atoms. The first kappa shape index (κ1) is 61.2. The Hall–Kier alpha value is -6.04. The molecule has 0 unspecified atom stereocenters. The van der Waals surface area contributed by atoms with Crippen molar-refractivity contribution in [3.8, 4) is 11.4 Å². The van der Waals surface area contributed by atoms with E-state index in [-0.39, 0.29) is 24.5 Å². The SMILES string of the molecule is NS(=O)(=O)N1CCOCC1.O=C(CS(=O)(=O)N1CCOCC1)c1cc(N2CCC(N3CCOCC3)CC2)c2c(C3CCC3)nn(-c3ccccc3)c2n1.O=C(O)c1cc(N2CCC(N3CCOCC3)CC2)c2c(C3CCC3)nn(-c3ccccc3)c2n1. The largest absolute Gasteiger partial charge is 0.477 e. The predicted molar refractivity (Wildman–Crippen MR) is 329 cm³/mol. The monoisotopic (exact) mass is 1240 g/mol. The standard InChI is InChI=1S/C31H40N6O5S.C26H31N5O3.C4H10N2O3S/c38-28(22-43(39,40)36-15-19-42-20-16-36)26-21-27(35-11-9-24(10-12-35)34-13-17-41-18-14-34)29-30(23-5-4-6-23)33-37(31(29)32-26)25-7-2-1-3-8-25;32-26(33)21-17-22(30-11-9-19(10-12-30)29-13-15-34-16-14-29)23-24(18-5-4-6-18)28-31(25(23)27-21)20-7-2-1-3-8-20;5-10(7,8)6-1-3-9-4-2-6/h1-3,7-8,21,23-24H,4-6,9-20,22H2;1-3,7-8,17-19H,4-6,9-16H2,(H,32,33);1-4H2,(H2,5,7,8). The van der Waals surface area contributed by atoms with Gasteiger partial charge in [0.2, 0.25) is 10.0 Å². The van der Waals surface area contributed by atoms with Crippen LogP contribution in [0.3, 0.4) is 0 Å². The number of hydrogen-bond acceptors (Lipinski definition) is 18. The fourth-order valence-corrected chi connectivity index (χ4v) is 15.2. The first-order chi connectivity index (χ1) is 42.3. The van der Waals surface area contributed by atoms with Gasteiger partial charge >= 0.3 is 5.97 Å². The van der Waals surface area contributed by atoms with Gasteiger partial charge in [-0.25, -0.2) is 37.7 Å². The number of anilines is 2. The van der Waals surface area contributed by atoms with Crippen LogP contribution in [0.4, 0.5) is 11.4 Å². The van der Waals surface area contributed by atoms with Crippen LogP contribution in [-0.4, -0.2) is 231 Å². The minimum Gasteiger partial charge on any atom is -0.477 e. The Balaban J connectivity index is 0.000000149. The summed E-state index contributed by atoms with van der Waals surface area (Å²) < 4.78 is 75.3. The van der Waals surface area contributed by atoms with Crippen molar-refractivity contribution in [2.24, 2.45) is 5.14 Å². The molecule has 26 heteroatoms. The number of nitrogens with two attached hydrogens (primary N) is 1. The van der Waals surface area contributed by atoms with Crippen molar-refractivity contribution in [3.05, 3.63) is 95.6 Å². The van der Waals surface area contributed by atoms with Gasteiger partial charge in [0.1, 0.15) is 11.4 Å². The van der Waals surface area contributed by atoms with E-state index >= 15 is 0 Å². The van der Waals surface area contributed by atoms with E-state index in [2.05, 4.69) is 24.6 Å². The molecule has 2 aliphatic carbocycles. The number of rotatable bonds is 14. The highest BCUT2D eigenvalue weighted by atomic mass is 32.2. The Morgan fingerprint density at radius 3 is 1.25 bits per heavy atom. The Morgan fingerprint density at radius 2 is 0.885 bits per heavy atom. The lowest BCUT2D eigenvalue weighted by Gasteiger charge is -2.41. The highest BCUT2D eigenvalue weighted by Crippen LogP contribution is 2.45. The van der Waals surface area contributed by atoms with E-state index in [1.807, 2.05) is 76.1 Å². The molecule has 24 nitrogen and oxygen atoms in total. The summed E-state index contributed by atoms with van der Waals surface area (Å²) in [5, 5.41) is 26.9. The maximum atomic E-state index is 13.7. The number of pyridine rings is 2. The van der Waals surface area contributed by atoms with Crippen LogP contribution < -0.4 is 14.9 Å². The van der Waals surface area contributed by atoms with Gasteiger partial charge in [0, 0.05) is 102 Å². The van der Waals surface area contributed by atoms with Crippen LogP contribution >= 0.6 is 0 Å². The zero-order chi connectivity index (χ0) is 60.1. The molecule has 8 aliphatic rings. The van der Waals surface area contributed by atoms with E-state index in [4.69, 9.17) is 39.3 Å². The molecule has 14 rings (SSSR count). The van der Waals surface area contributed by atoms with Gasteiger partial charge in [0.15, 0.2) is 22.8 Å². The maximum absolute atomic E-state index is 13.7. The highest BCUT2D eigenvalue weighted by molar-refractivity contribution is 7.89. The molecule has 87 heavy (non-hydrogen) atoms. The Bertz CT molecular complexity index is 3570. The first-order valence-corrected chi connectivity index (χ1v) is 34.2. The summed E-state index contributed by atoms with van der Waals surface area (Å²) >= 11 is 0. The van der Waals surface area contributed by atoms with Crippen molar-refractivity contribution in [2.45, 2.75) is 88.1 Å². The molecular formula is C61H81N13O11S2. The minimum atomic E-state index is -3.79. The molecule has 6 aliphatic heterocycles. The molecule has 468 valence electrons. The molecule has 2 saturated carbocycles. The molecule has 4 aromatic heterocycles. The van der Waals surface area contributed by atoms with E-state index < -0.39 is 37.7 Å². The van der Waals surface area contributed by atoms with E-state index in [0.717, 1.165) is 175 Å². The quantitative estimate of drug-likeness (QED) is 0.135. The van der Waals surface area contributed by atoms with Gasteiger partial charge in [-0.2, -0.15) is 27.2 Å². The van der Waals surface area contributed by atoms with E-state index in [1.165, 1.54) is 21.5 Å². The number of aromatic nitrogens is 6. The molecule has 0 radical (unpaired) electrons. The van der Waals surface area contributed by atoms with Crippen LogP contribution in [0.25, 0.3) is 33.4 Å². The average Bonchev–Trinajstić information content (AvgIpc) is 1.84. The topological polar surface area (TPSA) is 266 Å². The number of morpholine rings is 4. The van der Waals surface area contributed by atoms with Crippen molar-refractivity contribution in [1.29, 1.82) is 0 Å². The summed E-state index contributed by atoms with van der Waals surface area (Å²) in [6, 6.07) is 24.5. The second-order valence-electron chi connectivity index (χ2n) is 23.8. The zero-order valence-electron chi connectivity index (χ0n) is 49.4. The van der Waals surface area contributed by atoms with Gasteiger partial charge in [0.05, 0.1) is 97.8 Å². The van der Waals surface area contributed by atoms with Gasteiger partial charge in [0.25, 0.3) is 10.2 Å². The number of carbonyl (C=O) groups is 2. The Kier molecular flexibility index (Phi) is 19.3. The number of carboxylic acid groups (broad SMARTS) is 1. The van der Waals surface area contributed by atoms with Crippen molar-refractivity contribution in [2.75, 3.05) is 147 Å². The number of ketones is 1. The summed E-state index contributed by atoms with van der Waals surface area (Å²) in [4.78, 5) is 45.1. The lowest BCUT2D eigenvalue weighted by Crippen LogP contribution is -2.49. The van der Waals surface area contributed by atoms with Crippen LogP contribution in [0.1, 0.15) is 108 Å². The average molecular weight is 1240 g/mol. The number of piperidine rings is 2. The zero-order valence-corrected chi connectivity index (χ0v) is 51.1. The summed E-state index contributed by atoms with van der Waals surface area (Å²) in [5.74, 6) is -1.35. The summed E-state index contributed by atoms with van der Waals surface area (Å²) in [6.07, 6.45) is 11.0. The van der Waals surface area contributed by atoms with Crippen molar-refractivity contribution >= 4 is 65.4 Å². The lowest BCUT2D eigenvalue weighted by molar-refractivity contribution is 0.0115. The predicted octanol–water partition coefficient (Wildman–Crippen LogP) is 5.04. The number of para-hydroxylation sites is 2. The number of nitrogens with zero attached hydrogens (tertiary/aromatic N) is 12. The normalized spacial score (nSPS) is 21.4. The van der Waals surface area contributed by atoms with E-state index in [1.54, 1.807) is 6.07 Å². The molecule has 6 saturated heterocycles. The van der Waals surface area contributed by atoms with Gasteiger partial charge in [-0.15, -0.1) is 0 Å². The number of carbonyl (C=O) groups excluding carboxylic acids is 1. The number of hydrogen-bond donors (Lipinski definition) is 2. The molecule has 10 heterocycles. The van der Waals surface area contributed by atoms with Gasteiger partial charge in [-0.05, 0) is 87.8 Å². The van der Waals surface area contributed by atoms with Crippen LogP contribution in [-0.2, 0) is 39.2 Å². The number of ether oxygens (including phenoxy) is 4. The number of benzene rings is 2. The second-order valence-corrected chi connectivity index (χ2v) is 27.3. The Labute approximate surface area is 508 Å². The molecule has 3 N–H and O–H groups in total. The third kappa shape index (κ3) is 13.9. The van der Waals surface area contributed by atoms with Crippen LogP contribution in [0.5, 0.6) is 0 Å². The van der Waals surface area contributed by atoms with Crippen LogP contribution in [0.2, 0.25) is 0 Å². The lowest BCUT2D eigenvalue weighted by atomic mass is 9.82. The van der Waals surface area contributed by atoms with Gasteiger partial charge in [-0.3, -0.25) is 14.6 Å². The third-order valence-corrected chi connectivity index (χ3v) is 21.4. The molecule has 0 amide bonds. The molecule has 8 fully saturated rings. The van der Waals surface area contributed by atoms with Crippen molar-refractivity contribution in [1.82, 2.24) is 47.9 Å².